The van der Waals surface area contributed by atoms with Crippen molar-refractivity contribution in [2.24, 2.45) is 4.99 Å². The number of hydrogen-bond donors (Lipinski definition) is 2. The first-order valence-corrected chi connectivity index (χ1v) is 7.81. The summed E-state index contributed by atoms with van der Waals surface area (Å²) < 4.78 is 0. The van der Waals surface area contributed by atoms with E-state index in [4.69, 9.17) is 0 Å². The molecule has 0 saturated carbocycles. The van der Waals surface area contributed by atoms with Crippen molar-refractivity contribution < 1.29 is 5.11 Å². The molecule has 0 saturated heterocycles. The summed E-state index contributed by atoms with van der Waals surface area (Å²) in [6, 6.07) is 14.2. The van der Waals surface area contributed by atoms with Gasteiger partial charge in [0.25, 0.3) is 0 Å². The third-order valence-corrected chi connectivity index (χ3v) is 4.13. The Morgan fingerprint density at radius 2 is 1.74 bits per heavy atom. The Morgan fingerprint density at radius 3 is 2.39 bits per heavy atom. The molecule has 0 aliphatic rings. The summed E-state index contributed by atoms with van der Waals surface area (Å²) in [4.78, 5) is 7.52. The van der Waals surface area contributed by atoms with Gasteiger partial charge in [-0.2, -0.15) is 0 Å². The third-order valence-electron chi connectivity index (χ3n) is 4.13. The molecule has 0 unspecified atom stereocenters. The van der Waals surface area contributed by atoms with Crippen molar-refractivity contribution in [1.29, 1.82) is 0 Å². The summed E-state index contributed by atoms with van der Waals surface area (Å²) in [5.74, 6) is 0.157. The van der Waals surface area contributed by atoms with Crippen molar-refractivity contribution >= 4 is 22.8 Å². The number of fused-ring (bicyclic) bond motifs is 1. The van der Waals surface area contributed by atoms with Gasteiger partial charge in [0, 0.05) is 17.1 Å². The average molecular weight is 306 g/mol. The lowest BCUT2D eigenvalue weighted by Crippen LogP contribution is -2.10. The molecular weight excluding hydrogens is 284 g/mol. The maximum atomic E-state index is 10.1. The van der Waals surface area contributed by atoms with E-state index in [9.17, 15) is 5.11 Å². The largest absolute Gasteiger partial charge is 0.494 e. The predicted octanol–water partition coefficient (Wildman–Crippen LogP) is 5.23. The topological polar surface area (TPSA) is 48.4 Å². The lowest BCUT2D eigenvalue weighted by molar-refractivity contribution is 0.457. The highest BCUT2D eigenvalue weighted by molar-refractivity contribution is 6.04. The van der Waals surface area contributed by atoms with Gasteiger partial charge in [-0.1, -0.05) is 45.0 Å². The summed E-state index contributed by atoms with van der Waals surface area (Å²) in [6.07, 6.45) is 1.73. The highest BCUT2D eigenvalue weighted by Crippen LogP contribution is 2.29. The molecule has 0 radical (unpaired) electrons. The number of aromatic hydroxyl groups is 1. The molecular formula is C20H22N2O. The molecule has 0 spiro atoms. The first-order valence-electron chi connectivity index (χ1n) is 7.81. The molecule has 2 N–H and O–H groups in total. The molecule has 0 aliphatic carbocycles. The van der Waals surface area contributed by atoms with Gasteiger partial charge in [-0.05, 0) is 41.7 Å². The molecule has 3 heteroatoms. The Morgan fingerprint density at radius 1 is 1.04 bits per heavy atom. The fourth-order valence-corrected chi connectivity index (χ4v) is 2.76. The number of hydrogen-bond acceptors (Lipinski definition) is 2. The molecule has 1 heterocycles. The van der Waals surface area contributed by atoms with Gasteiger partial charge in [0.2, 0.25) is 0 Å². The molecule has 2 aromatic carbocycles. The van der Waals surface area contributed by atoms with Crippen LogP contribution in [-0.2, 0) is 5.41 Å². The van der Waals surface area contributed by atoms with Crippen LogP contribution in [0, 0.1) is 6.92 Å². The Kier molecular flexibility index (Phi) is 3.72. The fraction of sp³-hybridized carbons (Fsp3) is 0.250. The number of rotatable bonds is 2. The molecule has 0 aliphatic heterocycles. The van der Waals surface area contributed by atoms with Gasteiger partial charge in [0.1, 0.15) is 0 Å². The summed E-state index contributed by atoms with van der Waals surface area (Å²) >= 11 is 0. The minimum atomic E-state index is 0.133. The van der Waals surface area contributed by atoms with E-state index in [1.807, 2.05) is 37.3 Å². The van der Waals surface area contributed by atoms with Gasteiger partial charge in [0.05, 0.1) is 11.3 Å². The van der Waals surface area contributed by atoms with E-state index in [1.165, 1.54) is 5.56 Å². The van der Waals surface area contributed by atoms with Crippen molar-refractivity contribution in [3.05, 3.63) is 59.2 Å². The summed E-state index contributed by atoms with van der Waals surface area (Å²) in [5, 5.41) is 11.2. The minimum Gasteiger partial charge on any atom is -0.494 e. The molecule has 0 bridgehead atoms. The number of aliphatic imine (C=N–C) groups is 1. The molecule has 23 heavy (non-hydrogen) atoms. The van der Waals surface area contributed by atoms with E-state index < -0.39 is 0 Å². The zero-order chi connectivity index (χ0) is 16.6. The van der Waals surface area contributed by atoms with Crippen LogP contribution in [-0.4, -0.2) is 16.3 Å². The van der Waals surface area contributed by atoms with Crippen LogP contribution in [0.4, 0.5) is 5.69 Å². The quantitative estimate of drug-likeness (QED) is 0.626. The SMILES string of the molecule is Cc1cccc2[nH]c(O)c(C=Nc3ccc(C(C)(C)C)cc3)c12. The second kappa shape index (κ2) is 5.58. The van der Waals surface area contributed by atoms with Gasteiger partial charge in [0.15, 0.2) is 5.88 Å². The number of nitrogens with one attached hydrogen (secondary N) is 1. The maximum Gasteiger partial charge on any atom is 0.198 e. The Bertz CT molecular complexity index is 865. The van der Waals surface area contributed by atoms with Gasteiger partial charge < -0.3 is 10.1 Å². The molecule has 118 valence electrons. The van der Waals surface area contributed by atoms with Crippen LogP contribution in [0.5, 0.6) is 5.88 Å². The number of aromatic nitrogens is 1. The van der Waals surface area contributed by atoms with E-state index in [2.05, 4.69) is 42.9 Å². The molecule has 3 rings (SSSR count). The smallest absolute Gasteiger partial charge is 0.198 e. The van der Waals surface area contributed by atoms with Crippen LogP contribution in [0.2, 0.25) is 0 Å². The number of aromatic amines is 1. The Balaban J connectivity index is 1.96. The predicted molar refractivity (Wildman–Crippen MR) is 97.1 cm³/mol. The number of H-pyrrole nitrogens is 1. The van der Waals surface area contributed by atoms with Crippen LogP contribution < -0.4 is 0 Å². The lowest BCUT2D eigenvalue weighted by atomic mass is 9.87. The second-order valence-electron chi connectivity index (χ2n) is 6.94. The molecule has 3 nitrogen and oxygen atoms in total. The molecule has 0 atom stereocenters. The third kappa shape index (κ3) is 3.00. The highest BCUT2D eigenvalue weighted by Gasteiger charge is 2.13. The summed E-state index contributed by atoms with van der Waals surface area (Å²) in [6.45, 7) is 8.61. The average Bonchev–Trinajstić information content (AvgIpc) is 2.81. The fourth-order valence-electron chi connectivity index (χ4n) is 2.76. The maximum absolute atomic E-state index is 10.1. The molecule has 1 aromatic heterocycles. The second-order valence-corrected chi connectivity index (χ2v) is 6.94. The van der Waals surface area contributed by atoms with Crippen molar-refractivity contribution in [1.82, 2.24) is 4.98 Å². The first kappa shape index (κ1) is 15.3. The molecule has 0 fully saturated rings. The van der Waals surface area contributed by atoms with Gasteiger partial charge >= 0.3 is 0 Å². The highest BCUT2D eigenvalue weighted by atomic mass is 16.3. The molecule has 0 amide bonds. The number of nitrogens with zero attached hydrogens (tertiary/aromatic N) is 1. The van der Waals surface area contributed by atoms with Crippen molar-refractivity contribution in [2.45, 2.75) is 33.1 Å². The van der Waals surface area contributed by atoms with Crippen molar-refractivity contribution in [2.75, 3.05) is 0 Å². The normalized spacial score (nSPS) is 12.3. The Hall–Kier alpha value is -2.55. The number of aryl methyl sites for hydroxylation is 1. The summed E-state index contributed by atoms with van der Waals surface area (Å²) in [7, 11) is 0. The van der Waals surface area contributed by atoms with Crippen molar-refractivity contribution in [3.8, 4) is 5.88 Å². The van der Waals surface area contributed by atoms with Gasteiger partial charge in [-0.3, -0.25) is 4.99 Å². The van der Waals surface area contributed by atoms with E-state index >= 15 is 0 Å². The van der Waals surface area contributed by atoms with Crippen LogP contribution in [0.1, 0.15) is 37.5 Å². The van der Waals surface area contributed by atoms with Crippen LogP contribution in [0.15, 0.2) is 47.5 Å². The zero-order valence-corrected chi connectivity index (χ0v) is 14.0. The van der Waals surface area contributed by atoms with E-state index in [0.29, 0.717) is 0 Å². The standard InChI is InChI=1S/C20H22N2O/c1-13-6-5-7-17-18(13)16(19(23)22-17)12-21-15-10-8-14(9-11-15)20(2,3)4/h5-12,22-23H,1-4H3. The van der Waals surface area contributed by atoms with E-state index in [-0.39, 0.29) is 11.3 Å². The Labute approximate surface area is 136 Å². The number of benzene rings is 2. The minimum absolute atomic E-state index is 0.133. The van der Waals surface area contributed by atoms with E-state index in [1.54, 1.807) is 6.21 Å². The first-order chi connectivity index (χ1) is 10.9. The lowest BCUT2D eigenvalue weighted by Gasteiger charge is -2.18. The van der Waals surface area contributed by atoms with Gasteiger partial charge in [-0.15, -0.1) is 0 Å². The van der Waals surface area contributed by atoms with Crippen LogP contribution in [0.3, 0.4) is 0 Å². The summed E-state index contributed by atoms with van der Waals surface area (Å²) in [5.41, 5.74) is 5.06. The van der Waals surface area contributed by atoms with Gasteiger partial charge in [-0.25, -0.2) is 0 Å². The monoisotopic (exact) mass is 306 g/mol. The van der Waals surface area contributed by atoms with Crippen LogP contribution >= 0.6 is 0 Å². The zero-order valence-electron chi connectivity index (χ0n) is 14.0. The molecule has 3 aromatic rings. The van der Waals surface area contributed by atoms with Crippen LogP contribution in [0.25, 0.3) is 10.9 Å². The van der Waals surface area contributed by atoms with Crippen molar-refractivity contribution in [3.63, 3.8) is 0 Å². The van der Waals surface area contributed by atoms with E-state index in [0.717, 1.165) is 27.7 Å².